The van der Waals surface area contributed by atoms with Gasteiger partial charge in [0.25, 0.3) is 0 Å². The fraction of sp³-hybridized carbons (Fsp3) is 0.409. The molecule has 0 aromatic heterocycles. The molecule has 4 heteroatoms. The van der Waals surface area contributed by atoms with Crippen molar-refractivity contribution in [2.45, 2.75) is 33.6 Å². The Labute approximate surface area is 163 Å². The molecule has 0 unspecified atom stereocenters. The van der Waals surface area contributed by atoms with Gasteiger partial charge in [-0.3, -0.25) is 4.79 Å². The number of benzene rings is 2. The van der Waals surface area contributed by atoms with Crippen LogP contribution < -0.4 is 4.74 Å². The topological polar surface area (TPSA) is 29.5 Å². The molecule has 0 saturated heterocycles. The Balaban J connectivity index is 0.00000338. The molecule has 0 bridgehead atoms. The number of aryl methyl sites for hydroxylation is 2. The standard InChI is InChI=1S/C22H29NO2.ClH/c1-4-23(5-2)15-16-25-22-12-7-6-11-20(22)21(24)14-13-19-10-8-9-18(3)17-19;/h6-12,17H,4-5,13-16H2,1-3H3;1H. The lowest BCUT2D eigenvalue weighted by molar-refractivity contribution is 0.0978. The van der Waals surface area contributed by atoms with E-state index in [2.05, 4.69) is 43.9 Å². The highest BCUT2D eigenvalue weighted by atomic mass is 35.5. The van der Waals surface area contributed by atoms with Gasteiger partial charge < -0.3 is 9.64 Å². The number of carbonyl (C=O) groups excluding carboxylic acids is 1. The van der Waals surface area contributed by atoms with Gasteiger partial charge in [0.1, 0.15) is 12.4 Å². The van der Waals surface area contributed by atoms with Gasteiger partial charge in [-0.05, 0) is 44.1 Å². The largest absolute Gasteiger partial charge is 0.491 e. The number of para-hydroxylation sites is 1. The third-order valence-electron chi connectivity index (χ3n) is 4.47. The average molecular weight is 376 g/mol. The monoisotopic (exact) mass is 375 g/mol. The molecule has 0 spiro atoms. The summed E-state index contributed by atoms with van der Waals surface area (Å²) in [5, 5.41) is 0. The normalized spacial score (nSPS) is 10.5. The Morgan fingerprint density at radius 1 is 1.04 bits per heavy atom. The molecule has 0 N–H and O–H groups in total. The molecule has 3 nitrogen and oxygen atoms in total. The molecule has 0 fully saturated rings. The third-order valence-corrected chi connectivity index (χ3v) is 4.47. The Hall–Kier alpha value is -1.84. The second-order valence-electron chi connectivity index (χ2n) is 6.28. The Morgan fingerprint density at radius 2 is 1.77 bits per heavy atom. The first-order chi connectivity index (χ1) is 12.1. The fourth-order valence-electron chi connectivity index (χ4n) is 2.91. The maximum absolute atomic E-state index is 12.6. The molecule has 26 heavy (non-hydrogen) atoms. The number of nitrogens with zero attached hydrogens (tertiary/aromatic N) is 1. The molecule has 0 saturated carbocycles. The lowest BCUT2D eigenvalue weighted by Crippen LogP contribution is -2.28. The summed E-state index contributed by atoms with van der Waals surface area (Å²) in [6, 6.07) is 15.9. The van der Waals surface area contributed by atoms with Gasteiger partial charge >= 0.3 is 0 Å². The molecule has 0 aliphatic heterocycles. The van der Waals surface area contributed by atoms with Gasteiger partial charge in [-0.15, -0.1) is 12.4 Å². The average Bonchev–Trinajstić information content (AvgIpc) is 2.64. The number of hydrogen-bond acceptors (Lipinski definition) is 3. The smallest absolute Gasteiger partial charge is 0.166 e. The van der Waals surface area contributed by atoms with E-state index in [1.807, 2.05) is 30.3 Å². The van der Waals surface area contributed by atoms with Crippen LogP contribution in [0.3, 0.4) is 0 Å². The summed E-state index contributed by atoms with van der Waals surface area (Å²) in [6.45, 7) is 9.86. The molecule has 0 aliphatic carbocycles. The van der Waals surface area contributed by atoms with Gasteiger partial charge in [-0.25, -0.2) is 0 Å². The van der Waals surface area contributed by atoms with E-state index in [1.54, 1.807) is 0 Å². The number of Topliss-reactive ketones (excluding diaryl/α,β-unsaturated/α-hetero) is 1. The quantitative estimate of drug-likeness (QED) is 0.550. The Bertz CT molecular complexity index is 683. The first kappa shape index (κ1) is 22.2. The van der Waals surface area contributed by atoms with E-state index >= 15 is 0 Å². The fourth-order valence-corrected chi connectivity index (χ4v) is 2.91. The van der Waals surface area contributed by atoms with Crippen LogP contribution >= 0.6 is 12.4 Å². The van der Waals surface area contributed by atoms with Crippen molar-refractivity contribution in [2.75, 3.05) is 26.2 Å². The van der Waals surface area contributed by atoms with Gasteiger partial charge in [-0.1, -0.05) is 55.8 Å². The predicted molar refractivity (Wildman–Crippen MR) is 111 cm³/mol. The number of hydrogen-bond donors (Lipinski definition) is 0. The molecule has 0 amide bonds. The molecule has 2 rings (SSSR count). The van der Waals surface area contributed by atoms with Gasteiger partial charge in [0.15, 0.2) is 5.78 Å². The van der Waals surface area contributed by atoms with Crippen LogP contribution in [0.4, 0.5) is 0 Å². The van der Waals surface area contributed by atoms with E-state index < -0.39 is 0 Å². The summed E-state index contributed by atoms with van der Waals surface area (Å²) in [5.74, 6) is 0.837. The van der Waals surface area contributed by atoms with Crippen LogP contribution in [-0.2, 0) is 6.42 Å². The molecule has 2 aromatic rings. The van der Waals surface area contributed by atoms with Gasteiger partial charge in [0.05, 0.1) is 5.56 Å². The number of rotatable bonds is 10. The summed E-state index contributed by atoms with van der Waals surface area (Å²) >= 11 is 0. The number of ketones is 1. The molecule has 0 aliphatic rings. The zero-order valence-corrected chi connectivity index (χ0v) is 16.8. The highest BCUT2D eigenvalue weighted by Crippen LogP contribution is 2.21. The van der Waals surface area contributed by atoms with Crippen LogP contribution in [0.5, 0.6) is 5.75 Å². The summed E-state index contributed by atoms with van der Waals surface area (Å²) in [6.07, 6.45) is 1.26. The third kappa shape index (κ3) is 6.81. The van der Waals surface area contributed by atoms with Crippen LogP contribution in [0.2, 0.25) is 0 Å². The second-order valence-corrected chi connectivity index (χ2v) is 6.28. The minimum absolute atomic E-state index is 0. The molecular formula is C22H30ClNO2. The lowest BCUT2D eigenvalue weighted by Gasteiger charge is -2.18. The number of carbonyl (C=O) groups is 1. The molecule has 2 aromatic carbocycles. The summed E-state index contributed by atoms with van der Waals surface area (Å²) in [4.78, 5) is 15.0. The van der Waals surface area contributed by atoms with Crippen molar-refractivity contribution in [2.24, 2.45) is 0 Å². The van der Waals surface area contributed by atoms with Crippen molar-refractivity contribution in [3.63, 3.8) is 0 Å². The van der Waals surface area contributed by atoms with E-state index in [0.717, 1.165) is 26.1 Å². The second kappa shape index (κ2) is 11.7. The van der Waals surface area contributed by atoms with Crippen LogP contribution in [0.25, 0.3) is 0 Å². The molecule has 0 radical (unpaired) electrons. The first-order valence-corrected chi connectivity index (χ1v) is 9.17. The van der Waals surface area contributed by atoms with Crippen molar-refractivity contribution >= 4 is 18.2 Å². The molecule has 0 atom stereocenters. The number of halogens is 1. The molecule has 142 valence electrons. The first-order valence-electron chi connectivity index (χ1n) is 9.17. The van der Waals surface area contributed by atoms with Crippen LogP contribution in [0.15, 0.2) is 48.5 Å². The highest BCUT2D eigenvalue weighted by molar-refractivity contribution is 5.98. The van der Waals surface area contributed by atoms with Crippen molar-refractivity contribution in [3.05, 3.63) is 65.2 Å². The predicted octanol–water partition coefficient (Wildman–Crippen LogP) is 4.95. The van der Waals surface area contributed by atoms with E-state index in [4.69, 9.17) is 4.74 Å². The summed E-state index contributed by atoms with van der Waals surface area (Å²) in [5.41, 5.74) is 3.12. The van der Waals surface area contributed by atoms with Crippen molar-refractivity contribution in [1.29, 1.82) is 0 Å². The summed E-state index contributed by atoms with van der Waals surface area (Å²) in [7, 11) is 0. The van der Waals surface area contributed by atoms with Crippen molar-refractivity contribution < 1.29 is 9.53 Å². The summed E-state index contributed by atoms with van der Waals surface area (Å²) < 4.78 is 5.90. The van der Waals surface area contributed by atoms with E-state index in [0.29, 0.717) is 24.3 Å². The van der Waals surface area contributed by atoms with Crippen molar-refractivity contribution in [3.8, 4) is 5.75 Å². The van der Waals surface area contributed by atoms with E-state index in [1.165, 1.54) is 11.1 Å². The van der Waals surface area contributed by atoms with Gasteiger partial charge in [0.2, 0.25) is 0 Å². The van der Waals surface area contributed by atoms with Crippen LogP contribution in [0.1, 0.15) is 41.8 Å². The van der Waals surface area contributed by atoms with Crippen molar-refractivity contribution in [1.82, 2.24) is 4.90 Å². The SMILES string of the molecule is CCN(CC)CCOc1ccccc1C(=O)CCc1cccc(C)c1.Cl. The Morgan fingerprint density at radius 3 is 2.46 bits per heavy atom. The van der Waals surface area contributed by atoms with Gasteiger partial charge in [0, 0.05) is 13.0 Å². The van der Waals surface area contributed by atoms with E-state index in [-0.39, 0.29) is 18.2 Å². The van der Waals surface area contributed by atoms with Crippen LogP contribution in [-0.4, -0.2) is 36.9 Å². The zero-order chi connectivity index (χ0) is 18.1. The molecule has 0 heterocycles. The minimum atomic E-state index is 0. The lowest BCUT2D eigenvalue weighted by atomic mass is 10.0. The molecular weight excluding hydrogens is 346 g/mol. The van der Waals surface area contributed by atoms with E-state index in [9.17, 15) is 4.79 Å². The Kier molecular flexibility index (Phi) is 10.0. The zero-order valence-electron chi connectivity index (χ0n) is 16.0. The minimum Gasteiger partial charge on any atom is -0.491 e. The van der Waals surface area contributed by atoms with Crippen LogP contribution in [0, 0.1) is 6.92 Å². The number of likely N-dealkylation sites (N-methyl/N-ethyl adjacent to an activating group) is 1. The maximum atomic E-state index is 12.6. The maximum Gasteiger partial charge on any atom is 0.166 e. The number of ether oxygens (including phenoxy) is 1. The van der Waals surface area contributed by atoms with Gasteiger partial charge in [-0.2, -0.15) is 0 Å². The highest BCUT2D eigenvalue weighted by Gasteiger charge is 2.12.